The molecular weight excluding hydrogens is 589 g/mol. The van der Waals surface area contributed by atoms with Gasteiger partial charge in [0.1, 0.15) is 0 Å². The zero-order valence-electron chi connectivity index (χ0n) is 26.0. The van der Waals surface area contributed by atoms with E-state index in [2.05, 4.69) is 72.4 Å². The molecule has 0 unspecified atom stereocenters. The predicted octanol–water partition coefficient (Wildman–Crippen LogP) is 13.0. The summed E-state index contributed by atoms with van der Waals surface area (Å²) in [5.41, 5.74) is 11.8. The van der Waals surface area contributed by atoms with Crippen molar-refractivity contribution in [2.75, 3.05) is 0 Å². The van der Waals surface area contributed by atoms with E-state index in [0.29, 0.717) is 0 Å². The van der Waals surface area contributed by atoms with Crippen LogP contribution in [0.2, 0.25) is 0 Å². The van der Waals surface area contributed by atoms with Crippen LogP contribution in [0.1, 0.15) is 58.2 Å². The van der Waals surface area contributed by atoms with E-state index in [0.717, 1.165) is 41.2 Å². The van der Waals surface area contributed by atoms with Gasteiger partial charge in [0.15, 0.2) is 0 Å². The van der Waals surface area contributed by atoms with Gasteiger partial charge in [-0.2, -0.15) is 10.2 Å². The Morgan fingerprint density at radius 2 is 1.09 bits per heavy atom. The monoisotopic (exact) mass is 622 g/mol. The van der Waals surface area contributed by atoms with E-state index in [1.165, 1.54) is 53.0 Å². The summed E-state index contributed by atoms with van der Waals surface area (Å²) in [4.78, 5) is 11.9. The fraction of sp³-hybridized carbons (Fsp3) is 0.179. The van der Waals surface area contributed by atoms with Crippen LogP contribution >= 0.6 is 22.7 Å². The van der Waals surface area contributed by atoms with Crippen LogP contribution in [0.5, 0.6) is 0 Å². The first kappa shape index (κ1) is 29.2. The molecule has 0 saturated heterocycles. The molecule has 0 aliphatic heterocycles. The number of rotatable bonds is 7. The van der Waals surface area contributed by atoms with Crippen molar-refractivity contribution in [1.29, 1.82) is 0 Å². The molecule has 0 radical (unpaired) electrons. The standard InChI is InChI=1S/C39H34N4S2/c1-5-40-28-11-15-30(16-12-28)42-43-31-17-13-29(14-18-31)41-23-27-10-20-35-37(22-27)45-26(4)39(35)33-8-6-7-32(33)38-25(3)44-36-21-24(2)9-19-34(36)38/h5,9-23H,6-8H2,1-4H3/b40-5?,41-23+,43-42?. The smallest absolute Gasteiger partial charge is 0.0858 e. The van der Waals surface area contributed by atoms with Crippen LogP contribution in [-0.4, -0.2) is 12.4 Å². The second-order valence-electron chi connectivity index (χ2n) is 11.5. The molecule has 0 saturated carbocycles. The largest absolute Gasteiger partial charge is 0.262 e. The van der Waals surface area contributed by atoms with Crippen LogP contribution in [0.3, 0.4) is 0 Å². The van der Waals surface area contributed by atoms with E-state index in [1.54, 1.807) is 17.4 Å². The first-order valence-corrected chi connectivity index (χ1v) is 17.0. The number of thiophene rings is 2. The zero-order valence-corrected chi connectivity index (χ0v) is 27.6. The Balaban J connectivity index is 1.12. The van der Waals surface area contributed by atoms with E-state index < -0.39 is 0 Å². The topological polar surface area (TPSA) is 49.4 Å². The summed E-state index contributed by atoms with van der Waals surface area (Å²) in [6, 6.07) is 29.2. The molecular formula is C39H34N4S2. The summed E-state index contributed by atoms with van der Waals surface area (Å²) in [6.45, 7) is 8.67. The lowest BCUT2D eigenvalue weighted by Gasteiger charge is -2.10. The van der Waals surface area contributed by atoms with Crippen molar-refractivity contribution >= 4 is 89.2 Å². The number of hydrogen-bond donors (Lipinski definition) is 0. The number of allylic oxidation sites excluding steroid dienone is 2. The van der Waals surface area contributed by atoms with Gasteiger partial charge in [-0.05, 0) is 141 Å². The third-order valence-corrected chi connectivity index (χ3v) is 10.5. The fourth-order valence-electron chi connectivity index (χ4n) is 6.31. The Kier molecular flexibility index (Phi) is 8.09. The normalized spacial score (nSPS) is 14.0. The lowest BCUT2D eigenvalue weighted by atomic mass is 9.93. The quantitative estimate of drug-likeness (QED) is 0.126. The molecule has 4 nitrogen and oxygen atoms in total. The van der Waals surface area contributed by atoms with Gasteiger partial charge in [-0.25, -0.2) is 0 Å². The molecule has 222 valence electrons. The Morgan fingerprint density at radius 3 is 1.67 bits per heavy atom. The van der Waals surface area contributed by atoms with Crippen molar-refractivity contribution in [2.24, 2.45) is 20.2 Å². The molecule has 6 heteroatoms. The summed E-state index contributed by atoms with van der Waals surface area (Å²) in [6.07, 6.45) is 7.24. The minimum Gasteiger partial charge on any atom is -0.262 e. The van der Waals surface area contributed by atoms with Crippen LogP contribution in [0.4, 0.5) is 22.7 Å². The lowest BCUT2D eigenvalue weighted by Crippen LogP contribution is -1.89. The van der Waals surface area contributed by atoms with Crippen LogP contribution in [-0.2, 0) is 0 Å². The molecule has 45 heavy (non-hydrogen) atoms. The summed E-state index contributed by atoms with van der Waals surface area (Å²) in [7, 11) is 0. The average Bonchev–Trinajstić information content (AvgIpc) is 3.73. The summed E-state index contributed by atoms with van der Waals surface area (Å²) >= 11 is 3.83. The van der Waals surface area contributed by atoms with Gasteiger partial charge in [0.2, 0.25) is 0 Å². The SMILES string of the molecule is CC=Nc1ccc(N=Nc2ccc(/N=C/c3ccc4c(C5=C(c6c(C)sc7cc(C)ccc67)CCC5)c(C)sc4c3)cc2)cc1. The van der Waals surface area contributed by atoms with Crippen molar-refractivity contribution in [3.05, 3.63) is 117 Å². The molecule has 0 amide bonds. The second kappa shape index (κ2) is 12.5. The van der Waals surface area contributed by atoms with Gasteiger partial charge in [0, 0.05) is 42.4 Å². The Labute approximate surface area is 272 Å². The highest BCUT2D eigenvalue weighted by molar-refractivity contribution is 7.19. The van der Waals surface area contributed by atoms with Crippen molar-refractivity contribution in [1.82, 2.24) is 0 Å². The van der Waals surface area contributed by atoms with Crippen molar-refractivity contribution < 1.29 is 0 Å². The highest BCUT2D eigenvalue weighted by Crippen LogP contribution is 2.49. The number of benzene rings is 4. The van der Waals surface area contributed by atoms with E-state index >= 15 is 0 Å². The van der Waals surface area contributed by atoms with E-state index in [-0.39, 0.29) is 0 Å². The molecule has 4 aromatic carbocycles. The molecule has 0 atom stereocenters. The molecule has 0 N–H and O–H groups in total. The number of aryl methyl sites for hydroxylation is 3. The van der Waals surface area contributed by atoms with Crippen LogP contribution < -0.4 is 0 Å². The third-order valence-electron chi connectivity index (χ3n) is 8.35. The Morgan fingerprint density at radius 1 is 0.578 bits per heavy atom. The highest BCUT2D eigenvalue weighted by atomic mass is 32.1. The Bertz CT molecular complexity index is 2160. The highest BCUT2D eigenvalue weighted by Gasteiger charge is 2.25. The maximum Gasteiger partial charge on any atom is 0.0858 e. The van der Waals surface area contributed by atoms with Crippen molar-refractivity contribution in [2.45, 2.75) is 47.0 Å². The minimum absolute atomic E-state index is 0.786. The zero-order chi connectivity index (χ0) is 30.9. The molecule has 2 heterocycles. The van der Waals surface area contributed by atoms with Gasteiger partial charge in [-0.3, -0.25) is 9.98 Å². The predicted molar refractivity (Wildman–Crippen MR) is 197 cm³/mol. The fourth-order valence-corrected chi connectivity index (χ4v) is 8.64. The molecule has 1 aliphatic rings. The van der Waals surface area contributed by atoms with Gasteiger partial charge in [-0.1, -0.05) is 24.3 Å². The van der Waals surface area contributed by atoms with Gasteiger partial charge in [-0.15, -0.1) is 22.7 Å². The number of azo groups is 1. The molecule has 6 aromatic rings. The van der Waals surface area contributed by atoms with E-state index in [1.807, 2.05) is 84.3 Å². The van der Waals surface area contributed by atoms with Gasteiger partial charge in [0.05, 0.1) is 22.7 Å². The molecule has 1 aliphatic carbocycles. The van der Waals surface area contributed by atoms with Crippen molar-refractivity contribution in [3.8, 4) is 0 Å². The lowest BCUT2D eigenvalue weighted by molar-refractivity contribution is 0.942. The first-order chi connectivity index (χ1) is 22.0. The summed E-state index contributed by atoms with van der Waals surface area (Å²) in [5.74, 6) is 0. The van der Waals surface area contributed by atoms with Gasteiger partial charge >= 0.3 is 0 Å². The maximum atomic E-state index is 4.75. The number of nitrogens with zero attached hydrogens (tertiary/aromatic N) is 4. The van der Waals surface area contributed by atoms with Crippen LogP contribution in [0.15, 0.2) is 105 Å². The van der Waals surface area contributed by atoms with Crippen LogP contribution in [0.25, 0.3) is 31.3 Å². The summed E-state index contributed by atoms with van der Waals surface area (Å²) < 4.78 is 2.72. The van der Waals surface area contributed by atoms with Gasteiger partial charge in [0.25, 0.3) is 0 Å². The number of aliphatic imine (C=N–C) groups is 2. The number of hydrogen-bond acceptors (Lipinski definition) is 6. The Hall–Kier alpha value is -4.52. The molecule has 2 aromatic heterocycles. The van der Waals surface area contributed by atoms with Crippen LogP contribution in [0, 0.1) is 20.8 Å². The molecule has 7 rings (SSSR count). The molecule has 0 spiro atoms. The first-order valence-electron chi connectivity index (χ1n) is 15.4. The van der Waals surface area contributed by atoms with Gasteiger partial charge < -0.3 is 0 Å². The third kappa shape index (κ3) is 5.96. The minimum atomic E-state index is 0.786. The molecule has 0 fully saturated rings. The van der Waals surface area contributed by atoms with Crippen molar-refractivity contribution in [3.63, 3.8) is 0 Å². The van der Waals surface area contributed by atoms with E-state index in [9.17, 15) is 0 Å². The average molecular weight is 623 g/mol. The summed E-state index contributed by atoms with van der Waals surface area (Å²) in [5, 5.41) is 11.5. The van der Waals surface area contributed by atoms with E-state index in [4.69, 9.17) is 4.99 Å². The number of fused-ring (bicyclic) bond motifs is 2. The maximum absolute atomic E-state index is 4.75. The second-order valence-corrected chi connectivity index (χ2v) is 14.0. The molecule has 0 bridgehead atoms.